The van der Waals surface area contributed by atoms with Gasteiger partial charge >= 0.3 is 0 Å². The lowest BCUT2D eigenvalue weighted by atomic mass is 9.61. The minimum Gasteiger partial charge on any atom is -0.378 e. The molecule has 0 aromatic heterocycles. The summed E-state index contributed by atoms with van der Waals surface area (Å²) in [5, 5.41) is 6.40. The van der Waals surface area contributed by atoms with Crippen LogP contribution in [0.3, 0.4) is 0 Å². The van der Waals surface area contributed by atoms with Gasteiger partial charge in [-0.25, -0.2) is 0 Å². The highest BCUT2D eigenvalue weighted by Crippen LogP contribution is 2.46. The molecule has 1 saturated carbocycles. The molecule has 4 nitrogen and oxygen atoms in total. The minimum atomic E-state index is -0.152. The molecule has 1 aliphatic carbocycles. The maximum Gasteiger partial charge on any atom is 0.237 e. The van der Waals surface area contributed by atoms with E-state index < -0.39 is 0 Å². The van der Waals surface area contributed by atoms with E-state index in [9.17, 15) is 4.79 Å². The zero-order chi connectivity index (χ0) is 14.6. The third kappa shape index (κ3) is 3.69. The van der Waals surface area contributed by atoms with Crippen LogP contribution >= 0.6 is 0 Å². The number of nitrogens with one attached hydrogen (secondary N) is 2. The Labute approximate surface area is 117 Å². The molecule has 2 N–H and O–H groups in total. The van der Waals surface area contributed by atoms with Gasteiger partial charge < -0.3 is 15.4 Å². The number of ether oxygens (including phenoxy) is 1. The van der Waals surface area contributed by atoms with Crippen molar-refractivity contribution in [2.45, 2.75) is 78.6 Å². The SMILES string of the molecule is CCOC1CC(NC(C)C(=O)NC(C)C)C1(C)CC. The number of hydrogen-bond acceptors (Lipinski definition) is 3. The Balaban J connectivity index is 2.52. The molecule has 0 aliphatic heterocycles. The van der Waals surface area contributed by atoms with Crippen molar-refractivity contribution in [3.8, 4) is 0 Å². The van der Waals surface area contributed by atoms with Gasteiger partial charge in [-0.15, -0.1) is 0 Å². The molecule has 1 aliphatic rings. The molecule has 0 bridgehead atoms. The summed E-state index contributed by atoms with van der Waals surface area (Å²) in [5.41, 5.74) is 0.141. The Kier molecular flexibility index (Phi) is 5.81. The lowest BCUT2D eigenvalue weighted by Crippen LogP contribution is -2.65. The maximum atomic E-state index is 11.9. The van der Waals surface area contributed by atoms with Crippen molar-refractivity contribution >= 4 is 5.91 Å². The average molecular weight is 270 g/mol. The van der Waals surface area contributed by atoms with Crippen molar-refractivity contribution in [1.82, 2.24) is 10.6 Å². The summed E-state index contributed by atoms with van der Waals surface area (Å²) in [5.74, 6) is 0.0771. The van der Waals surface area contributed by atoms with Gasteiger partial charge in [0.2, 0.25) is 5.91 Å². The normalized spacial score (nSPS) is 31.9. The van der Waals surface area contributed by atoms with E-state index in [-0.39, 0.29) is 23.4 Å². The molecule has 0 radical (unpaired) electrons. The molecular formula is C15H30N2O2. The van der Waals surface area contributed by atoms with E-state index in [1.807, 2.05) is 27.7 Å². The number of carbonyl (C=O) groups is 1. The molecular weight excluding hydrogens is 240 g/mol. The minimum absolute atomic E-state index is 0.0771. The van der Waals surface area contributed by atoms with Gasteiger partial charge in [0.1, 0.15) is 0 Å². The lowest BCUT2D eigenvalue weighted by molar-refractivity contribution is -0.135. The number of carbonyl (C=O) groups excluding carboxylic acids is 1. The van der Waals surface area contributed by atoms with Gasteiger partial charge in [-0.1, -0.05) is 13.8 Å². The average Bonchev–Trinajstić information content (AvgIpc) is 2.35. The third-order valence-corrected chi connectivity index (χ3v) is 4.39. The van der Waals surface area contributed by atoms with E-state index >= 15 is 0 Å². The van der Waals surface area contributed by atoms with Crippen LogP contribution in [0.2, 0.25) is 0 Å². The molecule has 112 valence electrons. The number of amides is 1. The van der Waals surface area contributed by atoms with Gasteiger partial charge in [0, 0.05) is 24.1 Å². The number of rotatable bonds is 7. The van der Waals surface area contributed by atoms with Gasteiger partial charge in [-0.3, -0.25) is 4.79 Å². The molecule has 1 rings (SSSR count). The Bertz CT molecular complexity index is 307. The lowest BCUT2D eigenvalue weighted by Gasteiger charge is -2.54. The van der Waals surface area contributed by atoms with E-state index in [0.29, 0.717) is 12.1 Å². The summed E-state index contributed by atoms with van der Waals surface area (Å²) in [6.07, 6.45) is 2.38. The van der Waals surface area contributed by atoms with Gasteiger partial charge in [0.25, 0.3) is 0 Å². The summed E-state index contributed by atoms with van der Waals surface area (Å²) in [6, 6.07) is 0.398. The Morgan fingerprint density at radius 1 is 1.37 bits per heavy atom. The van der Waals surface area contributed by atoms with Crippen molar-refractivity contribution in [3.63, 3.8) is 0 Å². The van der Waals surface area contributed by atoms with Gasteiger partial charge in [0.05, 0.1) is 12.1 Å². The fourth-order valence-electron chi connectivity index (χ4n) is 2.80. The monoisotopic (exact) mass is 270 g/mol. The molecule has 0 spiro atoms. The maximum absolute atomic E-state index is 11.9. The van der Waals surface area contributed by atoms with Gasteiger partial charge in [-0.05, 0) is 40.5 Å². The fraction of sp³-hybridized carbons (Fsp3) is 0.933. The van der Waals surface area contributed by atoms with Crippen LogP contribution in [0.5, 0.6) is 0 Å². The molecule has 4 atom stereocenters. The first kappa shape index (κ1) is 16.4. The van der Waals surface area contributed by atoms with Crippen LogP contribution in [0.25, 0.3) is 0 Å². The van der Waals surface area contributed by atoms with E-state index in [1.165, 1.54) is 0 Å². The van der Waals surface area contributed by atoms with E-state index in [2.05, 4.69) is 24.5 Å². The van der Waals surface area contributed by atoms with E-state index in [0.717, 1.165) is 19.4 Å². The van der Waals surface area contributed by atoms with Crippen LogP contribution in [-0.2, 0) is 9.53 Å². The zero-order valence-corrected chi connectivity index (χ0v) is 13.2. The molecule has 1 amide bonds. The molecule has 0 aromatic carbocycles. The highest BCUT2D eigenvalue weighted by molar-refractivity contribution is 5.81. The van der Waals surface area contributed by atoms with Crippen LogP contribution in [-0.4, -0.2) is 36.7 Å². The van der Waals surface area contributed by atoms with Crippen LogP contribution in [0.4, 0.5) is 0 Å². The third-order valence-electron chi connectivity index (χ3n) is 4.39. The first-order chi connectivity index (χ1) is 8.85. The van der Waals surface area contributed by atoms with Crippen LogP contribution in [0.15, 0.2) is 0 Å². The predicted molar refractivity (Wildman–Crippen MR) is 78.1 cm³/mol. The second-order valence-electron chi connectivity index (χ2n) is 6.14. The zero-order valence-electron chi connectivity index (χ0n) is 13.2. The van der Waals surface area contributed by atoms with Crippen molar-refractivity contribution < 1.29 is 9.53 Å². The second kappa shape index (κ2) is 6.71. The molecule has 19 heavy (non-hydrogen) atoms. The second-order valence-corrected chi connectivity index (χ2v) is 6.14. The standard InChI is InChI=1S/C15H30N2O2/c1-7-15(6)12(9-13(15)19-8-2)17-11(5)14(18)16-10(3)4/h10-13,17H,7-9H2,1-6H3,(H,16,18). The van der Waals surface area contributed by atoms with Gasteiger partial charge in [-0.2, -0.15) is 0 Å². The largest absolute Gasteiger partial charge is 0.378 e. The summed E-state index contributed by atoms with van der Waals surface area (Å²) in [6.45, 7) is 13.1. The van der Waals surface area contributed by atoms with Crippen LogP contribution in [0, 0.1) is 5.41 Å². The summed E-state index contributed by atoms with van der Waals surface area (Å²) in [4.78, 5) is 11.9. The molecule has 4 heteroatoms. The molecule has 0 heterocycles. The van der Waals surface area contributed by atoms with Crippen LogP contribution in [0.1, 0.15) is 54.4 Å². The summed E-state index contributed by atoms with van der Waals surface area (Å²) < 4.78 is 5.78. The smallest absolute Gasteiger partial charge is 0.237 e. The Morgan fingerprint density at radius 2 is 2.00 bits per heavy atom. The quantitative estimate of drug-likeness (QED) is 0.745. The van der Waals surface area contributed by atoms with Crippen molar-refractivity contribution in [1.29, 1.82) is 0 Å². The first-order valence-electron chi connectivity index (χ1n) is 7.53. The van der Waals surface area contributed by atoms with Gasteiger partial charge in [0.15, 0.2) is 0 Å². The number of hydrogen-bond donors (Lipinski definition) is 2. The Hall–Kier alpha value is -0.610. The van der Waals surface area contributed by atoms with Crippen LogP contribution < -0.4 is 10.6 Å². The first-order valence-corrected chi connectivity index (χ1v) is 7.53. The summed E-state index contributed by atoms with van der Waals surface area (Å²) >= 11 is 0. The fourth-order valence-corrected chi connectivity index (χ4v) is 2.80. The molecule has 1 fully saturated rings. The van der Waals surface area contributed by atoms with Crippen molar-refractivity contribution in [3.05, 3.63) is 0 Å². The van der Waals surface area contributed by atoms with E-state index in [1.54, 1.807) is 0 Å². The Morgan fingerprint density at radius 3 is 2.47 bits per heavy atom. The topological polar surface area (TPSA) is 50.4 Å². The molecule has 0 aromatic rings. The predicted octanol–water partition coefficient (Wildman–Crippen LogP) is 2.08. The highest BCUT2D eigenvalue weighted by atomic mass is 16.5. The van der Waals surface area contributed by atoms with E-state index in [4.69, 9.17) is 4.74 Å². The molecule has 4 unspecified atom stereocenters. The van der Waals surface area contributed by atoms with Crippen molar-refractivity contribution in [2.24, 2.45) is 5.41 Å². The summed E-state index contributed by atoms with van der Waals surface area (Å²) in [7, 11) is 0. The highest BCUT2D eigenvalue weighted by Gasteiger charge is 2.51. The van der Waals surface area contributed by atoms with Crippen molar-refractivity contribution in [2.75, 3.05) is 6.61 Å². The molecule has 0 saturated heterocycles.